The molecule has 3 aromatic rings. The molecule has 1 fully saturated rings. The van der Waals surface area contributed by atoms with Gasteiger partial charge in [0.2, 0.25) is 5.91 Å². The largest absolute Gasteiger partial charge is 0.444 e. The lowest BCUT2D eigenvalue weighted by Gasteiger charge is -2.39. The molecule has 5 rings (SSSR count). The number of piperazine rings is 1. The second-order valence-corrected chi connectivity index (χ2v) is 11.7. The second-order valence-electron chi connectivity index (χ2n) is 11.7. The van der Waals surface area contributed by atoms with Crippen LogP contribution in [-0.2, 0) is 16.1 Å². The molecule has 0 radical (unpaired) electrons. The normalized spacial score (nSPS) is 17.2. The van der Waals surface area contributed by atoms with Crippen molar-refractivity contribution < 1.29 is 19.1 Å². The van der Waals surface area contributed by atoms with E-state index in [4.69, 9.17) is 9.72 Å². The fourth-order valence-corrected chi connectivity index (χ4v) is 5.14. The first-order valence-corrected chi connectivity index (χ1v) is 14.2. The molecule has 10 nitrogen and oxygen atoms in total. The molecule has 1 aromatic heterocycles. The van der Waals surface area contributed by atoms with Gasteiger partial charge in [0.15, 0.2) is 5.82 Å². The number of anilines is 4. The summed E-state index contributed by atoms with van der Waals surface area (Å²) in [5.74, 6) is 1.32. The van der Waals surface area contributed by atoms with E-state index >= 15 is 0 Å². The Balaban J connectivity index is 1.25. The minimum atomic E-state index is -0.552. The molecule has 2 aliphatic heterocycles. The lowest BCUT2D eigenvalue weighted by Crippen LogP contribution is -2.51. The van der Waals surface area contributed by atoms with Crippen molar-refractivity contribution in [3.05, 3.63) is 77.9 Å². The van der Waals surface area contributed by atoms with Gasteiger partial charge in [-0.25, -0.2) is 9.78 Å². The first-order chi connectivity index (χ1) is 20.0. The quantitative estimate of drug-likeness (QED) is 0.467. The zero-order chi connectivity index (χ0) is 30.0. The maximum absolute atomic E-state index is 13.1. The van der Waals surface area contributed by atoms with Gasteiger partial charge in [-0.15, -0.1) is 0 Å². The van der Waals surface area contributed by atoms with E-state index < -0.39 is 5.60 Å². The Hall–Kier alpha value is -4.60. The van der Waals surface area contributed by atoms with Crippen molar-refractivity contribution in [3.63, 3.8) is 0 Å². The number of hydrogen-bond donors (Lipinski definition) is 1. The SMILES string of the molecule is C[C@@H]1C(=O)N(C)c2ccc(Nc3ccc(C(=O)N4CCN(C(=O)OC(C)(C)C)CC4)cc3)nc2N1Cc1ccccc1. The van der Waals surface area contributed by atoms with Crippen molar-refractivity contribution in [1.29, 1.82) is 0 Å². The summed E-state index contributed by atoms with van der Waals surface area (Å²) in [6.07, 6.45) is -0.350. The van der Waals surface area contributed by atoms with Crippen molar-refractivity contribution in [1.82, 2.24) is 14.8 Å². The number of hydrogen-bond acceptors (Lipinski definition) is 7. The number of nitrogens with one attached hydrogen (secondary N) is 1. The minimum absolute atomic E-state index is 0.0208. The van der Waals surface area contributed by atoms with Crippen LogP contribution >= 0.6 is 0 Å². The molecule has 0 saturated carbocycles. The molecule has 0 bridgehead atoms. The molecule has 1 atom stereocenters. The van der Waals surface area contributed by atoms with Gasteiger partial charge < -0.3 is 29.7 Å². The van der Waals surface area contributed by atoms with E-state index in [0.29, 0.717) is 44.1 Å². The molecule has 2 aromatic carbocycles. The number of fused-ring (bicyclic) bond motifs is 1. The van der Waals surface area contributed by atoms with Crippen LogP contribution in [0.5, 0.6) is 0 Å². The number of carbonyl (C=O) groups is 3. The predicted molar refractivity (Wildman–Crippen MR) is 163 cm³/mol. The van der Waals surface area contributed by atoms with Crippen molar-refractivity contribution >= 4 is 40.9 Å². The molecule has 10 heteroatoms. The van der Waals surface area contributed by atoms with Gasteiger partial charge in [-0.2, -0.15) is 0 Å². The Morgan fingerprint density at radius 3 is 2.21 bits per heavy atom. The van der Waals surface area contributed by atoms with Crippen LogP contribution in [0.2, 0.25) is 0 Å². The maximum atomic E-state index is 13.1. The average molecular weight is 571 g/mol. The zero-order valence-corrected chi connectivity index (χ0v) is 24.8. The number of carbonyl (C=O) groups excluding carboxylic acids is 3. The van der Waals surface area contributed by atoms with Crippen LogP contribution in [0, 0.1) is 0 Å². The Labute approximate surface area is 246 Å². The summed E-state index contributed by atoms with van der Waals surface area (Å²) >= 11 is 0. The molecule has 220 valence electrons. The van der Waals surface area contributed by atoms with Gasteiger partial charge in [0.05, 0.1) is 5.69 Å². The maximum Gasteiger partial charge on any atom is 0.410 e. The Kier molecular flexibility index (Phi) is 8.06. The van der Waals surface area contributed by atoms with Gasteiger partial charge in [-0.3, -0.25) is 9.59 Å². The summed E-state index contributed by atoms with van der Waals surface area (Å²) in [7, 11) is 1.78. The molecular formula is C32H38N6O4. The number of amides is 3. The van der Waals surface area contributed by atoms with E-state index in [0.717, 1.165) is 22.8 Å². The summed E-state index contributed by atoms with van der Waals surface area (Å²) in [6, 6.07) is 20.7. The number of nitrogens with zero attached hydrogens (tertiary/aromatic N) is 5. The minimum Gasteiger partial charge on any atom is -0.444 e. The van der Waals surface area contributed by atoms with Crippen molar-refractivity contribution in [2.75, 3.05) is 48.3 Å². The predicted octanol–water partition coefficient (Wildman–Crippen LogP) is 4.89. The highest BCUT2D eigenvalue weighted by Crippen LogP contribution is 2.36. The fourth-order valence-electron chi connectivity index (χ4n) is 5.14. The number of rotatable bonds is 5. The summed E-state index contributed by atoms with van der Waals surface area (Å²) in [5, 5.41) is 3.34. The van der Waals surface area contributed by atoms with Crippen LogP contribution in [-0.4, -0.2) is 77.6 Å². The number of benzene rings is 2. The molecule has 0 unspecified atom stereocenters. The lowest BCUT2D eigenvalue weighted by atomic mass is 10.1. The van der Waals surface area contributed by atoms with Gasteiger partial charge in [-0.1, -0.05) is 30.3 Å². The Morgan fingerprint density at radius 2 is 1.57 bits per heavy atom. The summed E-state index contributed by atoms with van der Waals surface area (Å²) in [4.78, 5) is 50.4. The molecular weight excluding hydrogens is 532 g/mol. The zero-order valence-electron chi connectivity index (χ0n) is 24.8. The number of aromatic nitrogens is 1. The van der Waals surface area contributed by atoms with Crippen LogP contribution in [0.3, 0.4) is 0 Å². The standard InChI is InChI=1S/C32H38N6O4/c1-22-29(39)35(5)26-15-16-27(34-28(26)38(22)21-23-9-7-6-8-10-23)33-25-13-11-24(12-14-25)30(40)36-17-19-37(20-18-36)31(41)42-32(2,3)4/h6-16,22H,17-21H2,1-5H3,(H,33,34)/t22-/m1/s1. The highest BCUT2D eigenvalue weighted by molar-refractivity contribution is 6.04. The Bertz CT molecular complexity index is 1450. The van der Waals surface area contributed by atoms with E-state index in [-0.39, 0.29) is 23.9 Å². The first kappa shape index (κ1) is 28.9. The van der Waals surface area contributed by atoms with Crippen LogP contribution in [0.1, 0.15) is 43.6 Å². The van der Waals surface area contributed by atoms with Crippen LogP contribution in [0.4, 0.5) is 27.8 Å². The topological polar surface area (TPSA) is 98.3 Å². The third-order valence-corrected chi connectivity index (χ3v) is 7.46. The summed E-state index contributed by atoms with van der Waals surface area (Å²) < 4.78 is 5.45. The van der Waals surface area contributed by atoms with Crippen LogP contribution in [0.25, 0.3) is 0 Å². The smallest absolute Gasteiger partial charge is 0.410 e. The first-order valence-electron chi connectivity index (χ1n) is 14.2. The van der Waals surface area contributed by atoms with E-state index in [1.807, 2.05) is 87.2 Å². The monoisotopic (exact) mass is 570 g/mol. The van der Waals surface area contributed by atoms with Gasteiger partial charge in [0, 0.05) is 51.0 Å². The highest BCUT2D eigenvalue weighted by atomic mass is 16.6. The summed E-state index contributed by atoms with van der Waals surface area (Å²) in [5.41, 5.74) is 2.67. The van der Waals surface area contributed by atoms with Crippen molar-refractivity contribution in [3.8, 4) is 0 Å². The van der Waals surface area contributed by atoms with Crippen LogP contribution < -0.4 is 15.1 Å². The molecule has 1 saturated heterocycles. The van der Waals surface area contributed by atoms with E-state index in [2.05, 4.69) is 5.32 Å². The van der Waals surface area contributed by atoms with Crippen molar-refractivity contribution in [2.45, 2.75) is 45.9 Å². The third kappa shape index (κ3) is 6.32. The molecule has 42 heavy (non-hydrogen) atoms. The van der Waals surface area contributed by atoms with E-state index in [9.17, 15) is 14.4 Å². The van der Waals surface area contributed by atoms with Gasteiger partial charge in [-0.05, 0) is 69.7 Å². The molecule has 0 aliphatic carbocycles. The number of likely N-dealkylation sites (N-methyl/N-ethyl adjacent to an activating group) is 1. The van der Waals surface area contributed by atoms with E-state index in [1.54, 1.807) is 33.9 Å². The number of pyridine rings is 1. The number of ether oxygens (including phenoxy) is 1. The average Bonchev–Trinajstić information content (AvgIpc) is 2.98. The van der Waals surface area contributed by atoms with Gasteiger partial charge in [0.1, 0.15) is 17.5 Å². The molecule has 3 amide bonds. The second kappa shape index (κ2) is 11.7. The molecule has 2 aliphatic rings. The summed E-state index contributed by atoms with van der Waals surface area (Å²) in [6.45, 7) is 9.76. The molecule has 0 spiro atoms. The van der Waals surface area contributed by atoms with Crippen LogP contribution in [0.15, 0.2) is 66.7 Å². The molecule has 3 heterocycles. The highest BCUT2D eigenvalue weighted by Gasteiger charge is 2.35. The Morgan fingerprint density at radius 1 is 0.929 bits per heavy atom. The third-order valence-electron chi connectivity index (χ3n) is 7.46. The van der Waals surface area contributed by atoms with E-state index in [1.165, 1.54) is 0 Å². The van der Waals surface area contributed by atoms with Crippen molar-refractivity contribution in [2.24, 2.45) is 0 Å². The molecule has 1 N–H and O–H groups in total. The fraction of sp³-hybridized carbons (Fsp3) is 0.375. The lowest BCUT2D eigenvalue weighted by molar-refractivity contribution is -0.119. The van der Waals surface area contributed by atoms with Gasteiger partial charge >= 0.3 is 6.09 Å². The van der Waals surface area contributed by atoms with Gasteiger partial charge in [0.25, 0.3) is 5.91 Å².